The van der Waals surface area contributed by atoms with Crippen LogP contribution in [0.5, 0.6) is 0 Å². The predicted molar refractivity (Wildman–Crippen MR) is 83.4 cm³/mol. The molecule has 2 aliphatic rings. The van der Waals surface area contributed by atoms with Gasteiger partial charge in [0.25, 0.3) is 0 Å². The quantitative estimate of drug-likeness (QED) is 0.752. The Bertz CT molecular complexity index is 254. The Morgan fingerprint density at radius 3 is 2.11 bits per heavy atom. The van der Waals surface area contributed by atoms with Crippen LogP contribution in [0.15, 0.2) is 0 Å². The lowest BCUT2D eigenvalue weighted by Crippen LogP contribution is -2.41. The highest BCUT2D eigenvalue weighted by atomic mass is 15.2. The van der Waals surface area contributed by atoms with Crippen molar-refractivity contribution in [1.82, 2.24) is 9.80 Å². The Labute approximate surface area is 120 Å². The third kappa shape index (κ3) is 4.75. The number of piperidine rings is 1. The van der Waals surface area contributed by atoms with Crippen LogP contribution in [0.25, 0.3) is 0 Å². The summed E-state index contributed by atoms with van der Waals surface area (Å²) in [5.74, 6) is 2.82. The number of nitrogens with zero attached hydrogens (tertiary/aromatic N) is 2. The van der Waals surface area contributed by atoms with Gasteiger partial charge < -0.3 is 9.80 Å². The van der Waals surface area contributed by atoms with Crippen LogP contribution in [0.3, 0.4) is 0 Å². The normalized spacial score (nSPS) is 27.8. The van der Waals surface area contributed by atoms with Gasteiger partial charge in [0.15, 0.2) is 0 Å². The number of hydrogen-bond acceptors (Lipinski definition) is 2. The van der Waals surface area contributed by atoms with Gasteiger partial charge in [-0.25, -0.2) is 0 Å². The SMILES string of the molecule is CC(C)CC1CCN(CC2CCN(C(C)C)CC2)C1. The van der Waals surface area contributed by atoms with Crippen molar-refractivity contribution in [3.63, 3.8) is 0 Å². The van der Waals surface area contributed by atoms with E-state index in [0.717, 1.165) is 23.8 Å². The van der Waals surface area contributed by atoms with Crippen LogP contribution >= 0.6 is 0 Å². The Morgan fingerprint density at radius 1 is 0.895 bits per heavy atom. The largest absolute Gasteiger partial charge is 0.303 e. The molecule has 2 heteroatoms. The molecule has 112 valence electrons. The van der Waals surface area contributed by atoms with Gasteiger partial charge in [0.2, 0.25) is 0 Å². The first-order valence-corrected chi connectivity index (χ1v) is 8.51. The van der Waals surface area contributed by atoms with Crippen molar-refractivity contribution < 1.29 is 0 Å². The molecule has 0 aromatic heterocycles. The third-order valence-corrected chi connectivity index (χ3v) is 5.07. The Kier molecular flexibility index (Phi) is 5.70. The molecule has 0 N–H and O–H groups in total. The molecule has 1 atom stereocenters. The van der Waals surface area contributed by atoms with Crippen molar-refractivity contribution in [3.05, 3.63) is 0 Å². The summed E-state index contributed by atoms with van der Waals surface area (Å²) in [5, 5.41) is 0. The maximum Gasteiger partial charge on any atom is 0.00385 e. The second-order valence-electron chi connectivity index (χ2n) is 7.62. The first-order chi connectivity index (χ1) is 9.04. The molecule has 19 heavy (non-hydrogen) atoms. The number of rotatable bonds is 5. The van der Waals surface area contributed by atoms with Gasteiger partial charge in [-0.05, 0) is 76.9 Å². The van der Waals surface area contributed by atoms with E-state index in [4.69, 9.17) is 0 Å². The highest BCUT2D eigenvalue weighted by Crippen LogP contribution is 2.26. The van der Waals surface area contributed by atoms with Gasteiger partial charge in [-0.3, -0.25) is 0 Å². The van der Waals surface area contributed by atoms with Crippen LogP contribution in [0.4, 0.5) is 0 Å². The van der Waals surface area contributed by atoms with E-state index < -0.39 is 0 Å². The van der Waals surface area contributed by atoms with E-state index in [-0.39, 0.29) is 0 Å². The van der Waals surface area contributed by atoms with Gasteiger partial charge in [0, 0.05) is 19.1 Å². The molecule has 0 saturated carbocycles. The molecular formula is C17H34N2. The van der Waals surface area contributed by atoms with E-state index in [2.05, 4.69) is 37.5 Å². The van der Waals surface area contributed by atoms with Crippen LogP contribution in [-0.4, -0.2) is 48.6 Å². The molecule has 0 spiro atoms. The van der Waals surface area contributed by atoms with E-state index in [1.54, 1.807) is 0 Å². The highest BCUT2D eigenvalue weighted by Gasteiger charge is 2.27. The summed E-state index contributed by atoms with van der Waals surface area (Å²) in [4.78, 5) is 5.39. The van der Waals surface area contributed by atoms with Gasteiger partial charge in [0.05, 0.1) is 0 Å². The Hall–Kier alpha value is -0.0800. The molecule has 0 aromatic rings. The first kappa shape index (κ1) is 15.3. The van der Waals surface area contributed by atoms with E-state index in [9.17, 15) is 0 Å². The molecule has 0 bridgehead atoms. The monoisotopic (exact) mass is 266 g/mol. The molecule has 1 unspecified atom stereocenters. The van der Waals surface area contributed by atoms with Crippen LogP contribution in [0.2, 0.25) is 0 Å². The lowest BCUT2D eigenvalue weighted by molar-refractivity contribution is 0.127. The summed E-state index contributed by atoms with van der Waals surface area (Å²) < 4.78 is 0. The second-order valence-corrected chi connectivity index (χ2v) is 7.62. The maximum atomic E-state index is 2.75. The molecule has 2 saturated heterocycles. The summed E-state index contributed by atoms with van der Waals surface area (Å²) >= 11 is 0. The van der Waals surface area contributed by atoms with Crippen molar-refractivity contribution in [3.8, 4) is 0 Å². The molecule has 2 nitrogen and oxygen atoms in total. The Morgan fingerprint density at radius 2 is 1.53 bits per heavy atom. The maximum absolute atomic E-state index is 2.75. The molecule has 0 radical (unpaired) electrons. The summed E-state index contributed by atoms with van der Waals surface area (Å²) in [6, 6.07) is 0.739. The van der Waals surface area contributed by atoms with Crippen molar-refractivity contribution in [2.24, 2.45) is 17.8 Å². The first-order valence-electron chi connectivity index (χ1n) is 8.51. The standard InChI is InChI=1S/C17H34N2/c1-14(2)11-17-5-8-18(13-17)12-16-6-9-19(10-7-16)15(3)4/h14-17H,5-13H2,1-4H3. The van der Waals surface area contributed by atoms with Crippen LogP contribution in [-0.2, 0) is 0 Å². The molecule has 2 aliphatic heterocycles. The molecular weight excluding hydrogens is 232 g/mol. The lowest BCUT2D eigenvalue weighted by atomic mass is 9.95. The van der Waals surface area contributed by atoms with Gasteiger partial charge in [-0.15, -0.1) is 0 Å². The van der Waals surface area contributed by atoms with E-state index in [1.807, 2.05) is 0 Å². The van der Waals surface area contributed by atoms with Crippen molar-refractivity contribution in [1.29, 1.82) is 0 Å². The lowest BCUT2D eigenvalue weighted by Gasteiger charge is -2.36. The molecule has 2 rings (SSSR count). The van der Waals surface area contributed by atoms with Crippen molar-refractivity contribution in [2.75, 3.05) is 32.7 Å². The summed E-state index contributed by atoms with van der Waals surface area (Å²) in [6.07, 6.45) is 5.72. The van der Waals surface area contributed by atoms with Gasteiger partial charge in [-0.2, -0.15) is 0 Å². The fourth-order valence-electron chi connectivity index (χ4n) is 3.95. The smallest absolute Gasteiger partial charge is 0.00385 e. The number of likely N-dealkylation sites (tertiary alicyclic amines) is 2. The van der Waals surface area contributed by atoms with Gasteiger partial charge in [0.1, 0.15) is 0 Å². The zero-order valence-corrected chi connectivity index (χ0v) is 13.6. The molecule has 2 fully saturated rings. The van der Waals surface area contributed by atoms with Crippen LogP contribution in [0, 0.1) is 17.8 Å². The second kappa shape index (κ2) is 7.08. The highest BCUT2D eigenvalue weighted by molar-refractivity contribution is 4.81. The van der Waals surface area contributed by atoms with E-state index in [1.165, 1.54) is 58.4 Å². The summed E-state index contributed by atoms with van der Waals surface area (Å²) in [7, 11) is 0. The minimum Gasteiger partial charge on any atom is -0.303 e. The van der Waals surface area contributed by atoms with Crippen molar-refractivity contribution in [2.45, 2.75) is 59.4 Å². The van der Waals surface area contributed by atoms with Crippen molar-refractivity contribution >= 4 is 0 Å². The third-order valence-electron chi connectivity index (χ3n) is 5.07. The zero-order chi connectivity index (χ0) is 13.8. The minimum atomic E-state index is 0.739. The zero-order valence-electron chi connectivity index (χ0n) is 13.6. The van der Waals surface area contributed by atoms with Gasteiger partial charge >= 0.3 is 0 Å². The summed E-state index contributed by atoms with van der Waals surface area (Å²) in [5.41, 5.74) is 0. The fraction of sp³-hybridized carbons (Fsp3) is 1.00. The van der Waals surface area contributed by atoms with E-state index in [0.29, 0.717) is 0 Å². The van der Waals surface area contributed by atoms with Crippen LogP contribution < -0.4 is 0 Å². The number of hydrogen-bond donors (Lipinski definition) is 0. The average molecular weight is 266 g/mol. The topological polar surface area (TPSA) is 6.48 Å². The fourth-order valence-corrected chi connectivity index (χ4v) is 3.95. The molecule has 0 aromatic carbocycles. The summed E-state index contributed by atoms with van der Waals surface area (Å²) in [6.45, 7) is 16.2. The van der Waals surface area contributed by atoms with Crippen LogP contribution in [0.1, 0.15) is 53.4 Å². The van der Waals surface area contributed by atoms with Gasteiger partial charge in [-0.1, -0.05) is 13.8 Å². The molecule has 0 amide bonds. The molecule has 0 aliphatic carbocycles. The Balaban J connectivity index is 1.66. The molecule has 2 heterocycles. The average Bonchev–Trinajstić information content (AvgIpc) is 2.76. The van der Waals surface area contributed by atoms with E-state index >= 15 is 0 Å². The minimum absolute atomic E-state index is 0.739. The predicted octanol–water partition coefficient (Wildman–Crippen LogP) is 3.47.